The van der Waals surface area contributed by atoms with Gasteiger partial charge >= 0.3 is 0 Å². The van der Waals surface area contributed by atoms with Crippen molar-refractivity contribution in [3.8, 4) is 5.75 Å². The van der Waals surface area contributed by atoms with E-state index in [4.69, 9.17) is 28.6 Å². The summed E-state index contributed by atoms with van der Waals surface area (Å²) in [5.41, 5.74) is 0.636. The second-order valence-corrected chi connectivity index (χ2v) is 6.92. The molecule has 122 valence electrons. The standard InChI is InChI=1S/C15H21ClN2O2S2/c1-5-18(6-2)15(21)22-10(3)14(19)17-11-7-8-13(20-4)12(16)9-11/h7-10H,5-6H2,1-4H3,(H,17,19)/t10-/m0/s1. The summed E-state index contributed by atoms with van der Waals surface area (Å²) in [4.78, 5) is 14.3. The molecule has 1 amide bonds. The van der Waals surface area contributed by atoms with Crippen LogP contribution in [-0.2, 0) is 4.79 Å². The van der Waals surface area contributed by atoms with Crippen LogP contribution in [-0.4, -0.2) is 40.6 Å². The summed E-state index contributed by atoms with van der Waals surface area (Å²) in [5, 5.41) is 3.01. The third-order valence-electron chi connectivity index (χ3n) is 3.09. The maximum Gasteiger partial charge on any atom is 0.237 e. The minimum Gasteiger partial charge on any atom is -0.495 e. The van der Waals surface area contributed by atoms with Crippen LogP contribution < -0.4 is 10.1 Å². The van der Waals surface area contributed by atoms with E-state index in [0.29, 0.717) is 16.5 Å². The molecule has 0 aliphatic rings. The third kappa shape index (κ3) is 5.34. The van der Waals surface area contributed by atoms with Gasteiger partial charge in [0, 0.05) is 18.8 Å². The van der Waals surface area contributed by atoms with Crippen molar-refractivity contribution in [3.05, 3.63) is 23.2 Å². The lowest BCUT2D eigenvalue weighted by atomic mass is 10.3. The Morgan fingerprint density at radius 2 is 2.09 bits per heavy atom. The van der Waals surface area contributed by atoms with Crippen LogP contribution >= 0.6 is 35.6 Å². The summed E-state index contributed by atoms with van der Waals surface area (Å²) < 4.78 is 5.82. The molecule has 0 aliphatic heterocycles. The fraction of sp³-hybridized carbons (Fsp3) is 0.467. The summed E-state index contributed by atoms with van der Waals surface area (Å²) in [7, 11) is 1.55. The number of thiocarbonyl (C=S) groups is 1. The summed E-state index contributed by atoms with van der Waals surface area (Å²) in [6, 6.07) is 5.14. The van der Waals surface area contributed by atoms with Gasteiger partial charge in [-0.1, -0.05) is 35.6 Å². The molecule has 1 atom stereocenters. The van der Waals surface area contributed by atoms with E-state index in [1.165, 1.54) is 11.8 Å². The van der Waals surface area contributed by atoms with E-state index < -0.39 is 0 Å². The first-order valence-electron chi connectivity index (χ1n) is 7.02. The minimum atomic E-state index is -0.283. The number of ether oxygens (including phenoxy) is 1. The molecule has 0 saturated carbocycles. The molecular formula is C15H21ClN2O2S2. The van der Waals surface area contributed by atoms with E-state index in [2.05, 4.69) is 5.32 Å². The van der Waals surface area contributed by atoms with E-state index in [1.54, 1.807) is 25.3 Å². The molecule has 0 fully saturated rings. The average molecular weight is 361 g/mol. The van der Waals surface area contributed by atoms with E-state index in [0.717, 1.165) is 17.4 Å². The Morgan fingerprint density at radius 1 is 1.45 bits per heavy atom. The molecule has 1 N–H and O–H groups in total. The molecule has 4 nitrogen and oxygen atoms in total. The van der Waals surface area contributed by atoms with Crippen molar-refractivity contribution in [2.75, 3.05) is 25.5 Å². The molecule has 0 radical (unpaired) electrons. The summed E-state index contributed by atoms with van der Waals surface area (Å²) in [6.45, 7) is 7.59. The van der Waals surface area contributed by atoms with Crippen LogP contribution in [0.15, 0.2) is 18.2 Å². The first-order valence-corrected chi connectivity index (χ1v) is 8.69. The Hall–Kier alpha value is -0.980. The average Bonchev–Trinajstić information content (AvgIpc) is 2.48. The van der Waals surface area contributed by atoms with Crippen molar-refractivity contribution >= 4 is 51.5 Å². The van der Waals surface area contributed by atoms with Crippen LogP contribution in [0.3, 0.4) is 0 Å². The van der Waals surface area contributed by atoms with Crippen molar-refractivity contribution in [1.82, 2.24) is 4.90 Å². The third-order valence-corrected chi connectivity index (χ3v) is 4.96. The highest BCUT2D eigenvalue weighted by Gasteiger charge is 2.18. The fourth-order valence-corrected chi connectivity index (χ4v) is 3.57. The van der Waals surface area contributed by atoms with Crippen molar-refractivity contribution in [3.63, 3.8) is 0 Å². The number of thioether (sulfide) groups is 1. The first-order chi connectivity index (χ1) is 10.4. The van der Waals surface area contributed by atoms with Gasteiger partial charge in [0.2, 0.25) is 5.91 Å². The Bertz CT molecular complexity index is 536. The van der Waals surface area contributed by atoms with Crippen LogP contribution in [0, 0.1) is 0 Å². The van der Waals surface area contributed by atoms with Gasteiger partial charge < -0.3 is 15.0 Å². The number of rotatable bonds is 6. The van der Waals surface area contributed by atoms with Crippen LogP contribution in [0.2, 0.25) is 5.02 Å². The monoisotopic (exact) mass is 360 g/mol. The van der Waals surface area contributed by atoms with Crippen LogP contribution in [0.5, 0.6) is 5.75 Å². The molecule has 1 rings (SSSR count). The smallest absolute Gasteiger partial charge is 0.237 e. The Morgan fingerprint density at radius 3 is 2.59 bits per heavy atom. The highest BCUT2D eigenvalue weighted by molar-refractivity contribution is 8.23. The largest absolute Gasteiger partial charge is 0.495 e. The number of carbonyl (C=O) groups excluding carboxylic acids is 1. The van der Waals surface area contributed by atoms with Crippen LogP contribution in [0.1, 0.15) is 20.8 Å². The van der Waals surface area contributed by atoms with Crippen molar-refractivity contribution in [2.45, 2.75) is 26.0 Å². The maximum atomic E-state index is 12.2. The van der Waals surface area contributed by atoms with Gasteiger partial charge in [-0.2, -0.15) is 0 Å². The number of methoxy groups -OCH3 is 1. The topological polar surface area (TPSA) is 41.6 Å². The van der Waals surface area contributed by atoms with Gasteiger partial charge in [0.25, 0.3) is 0 Å². The molecule has 0 aliphatic carbocycles. The number of nitrogens with one attached hydrogen (secondary N) is 1. The highest BCUT2D eigenvalue weighted by Crippen LogP contribution is 2.27. The van der Waals surface area contributed by atoms with E-state index >= 15 is 0 Å². The quantitative estimate of drug-likeness (QED) is 0.775. The number of benzene rings is 1. The van der Waals surface area contributed by atoms with E-state index in [9.17, 15) is 4.79 Å². The zero-order chi connectivity index (χ0) is 16.7. The Kier molecular flexibility index (Phi) is 8.00. The SMILES string of the molecule is CCN(CC)C(=S)S[C@@H](C)C(=O)Nc1ccc(OC)c(Cl)c1. The Balaban J connectivity index is 2.64. The molecule has 0 bridgehead atoms. The minimum absolute atomic E-state index is 0.110. The predicted molar refractivity (Wildman–Crippen MR) is 99.2 cm³/mol. The number of anilines is 1. The molecule has 0 unspecified atom stereocenters. The molecule has 1 aromatic rings. The van der Waals surface area contributed by atoms with E-state index in [1.807, 2.05) is 25.7 Å². The second kappa shape index (κ2) is 9.22. The Labute approximate surface area is 146 Å². The zero-order valence-electron chi connectivity index (χ0n) is 13.2. The van der Waals surface area contributed by atoms with Crippen molar-refractivity contribution in [1.29, 1.82) is 0 Å². The molecule has 0 saturated heterocycles. The fourth-order valence-electron chi connectivity index (χ4n) is 1.75. The van der Waals surface area contributed by atoms with Gasteiger partial charge in [0.05, 0.1) is 17.4 Å². The summed E-state index contributed by atoms with van der Waals surface area (Å²) >= 11 is 12.8. The van der Waals surface area contributed by atoms with Gasteiger partial charge in [-0.25, -0.2) is 0 Å². The maximum absolute atomic E-state index is 12.2. The lowest BCUT2D eigenvalue weighted by Crippen LogP contribution is -2.31. The number of carbonyl (C=O) groups is 1. The molecule has 0 aromatic heterocycles. The first kappa shape index (κ1) is 19.1. The molecule has 1 aromatic carbocycles. The number of hydrogen-bond acceptors (Lipinski definition) is 4. The molecule has 7 heteroatoms. The molecule has 0 heterocycles. The molecule has 0 spiro atoms. The summed E-state index contributed by atoms with van der Waals surface area (Å²) in [5.74, 6) is 0.463. The number of nitrogens with zero attached hydrogens (tertiary/aromatic N) is 1. The second-order valence-electron chi connectivity index (χ2n) is 4.54. The lowest BCUT2D eigenvalue weighted by Gasteiger charge is -2.23. The number of hydrogen-bond donors (Lipinski definition) is 1. The van der Waals surface area contributed by atoms with Gasteiger partial charge in [-0.15, -0.1) is 0 Å². The van der Waals surface area contributed by atoms with Gasteiger partial charge in [-0.05, 0) is 39.0 Å². The van der Waals surface area contributed by atoms with Gasteiger partial charge in [-0.3, -0.25) is 4.79 Å². The normalized spacial score (nSPS) is 11.7. The van der Waals surface area contributed by atoms with Crippen LogP contribution in [0.25, 0.3) is 0 Å². The number of halogens is 1. The zero-order valence-corrected chi connectivity index (χ0v) is 15.6. The van der Waals surface area contributed by atoms with Gasteiger partial charge in [0.15, 0.2) is 0 Å². The van der Waals surface area contributed by atoms with Crippen molar-refractivity contribution < 1.29 is 9.53 Å². The van der Waals surface area contributed by atoms with Crippen LogP contribution in [0.4, 0.5) is 5.69 Å². The molecular weight excluding hydrogens is 340 g/mol. The van der Waals surface area contributed by atoms with Crippen molar-refractivity contribution in [2.24, 2.45) is 0 Å². The van der Waals surface area contributed by atoms with E-state index in [-0.39, 0.29) is 11.2 Å². The number of amides is 1. The predicted octanol–water partition coefficient (Wildman–Crippen LogP) is 4.04. The summed E-state index contributed by atoms with van der Waals surface area (Å²) in [6.07, 6.45) is 0. The highest BCUT2D eigenvalue weighted by atomic mass is 35.5. The molecule has 22 heavy (non-hydrogen) atoms. The van der Waals surface area contributed by atoms with Gasteiger partial charge in [0.1, 0.15) is 10.1 Å². The lowest BCUT2D eigenvalue weighted by molar-refractivity contribution is -0.115.